The first-order chi connectivity index (χ1) is 17.0. The summed E-state index contributed by atoms with van der Waals surface area (Å²) in [5.41, 5.74) is 4.46. The Labute approximate surface area is 205 Å². The Kier molecular flexibility index (Phi) is 5.71. The maximum Gasteiger partial charge on any atom is 0.451 e. The minimum atomic E-state index is -4.66. The zero-order valence-corrected chi connectivity index (χ0v) is 20.5. The molecule has 182 valence electrons. The number of aryl methyl sites for hydroxylation is 2. The van der Waals surface area contributed by atoms with Gasteiger partial charge in [-0.25, -0.2) is 18.9 Å². The quantitative estimate of drug-likeness (QED) is 0.222. The van der Waals surface area contributed by atoms with Gasteiger partial charge in [-0.1, -0.05) is 33.8 Å². The fourth-order valence-corrected chi connectivity index (χ4v) is 4.37. The van der Waals surface area contributed by atoms with Gasteiger partial charge in [-0.2, -0.15) is 13.2 Å². The molecular formula is C28H28F4N3+. The Balaban J connectivity index is 2.05. The van der Waals surface area contributed by atoms with Crippen molar-refractivity contribution in [1.29, 1.82) is 0 Å². The van der Waals surface area contributed by atoms with Crippen LogP contribution in [-0.2, 0) is 13.2 Å². The first kappa shape index (κ1) is 22.1. The van der Waals surface area contributed by atoms with Crippen molar-refractivity contribution in [3.63, 3.8) is 0 Å². The molecule has 0 amide bonds. The van der Waals surface area contributed by atoms with E-state index in [0.717, 1.165) is 5.56 Å². The predicted molar refractivity (Wildman–Crippen MR) is 129 cm³/mol. The van der Waals surface area contributed by atoms with Crippen LogP contribution in [0.1, 0.15) is 64.7 Å². The van der Waals surface area contributed by atoms with Gasteiger partial charge in [0, 0.05) is 26.5 Å². The van der Waals surface area contributed by atoms with Gasteiger partial charge in [0.25, 0.3) is 0 Å². The third-order valence-corrected chi connectivity index (χ3v) is 6.10. The van der Waals surface area contributed by atoms with Gasteiger partial charge in [0.1, 0.15) is 12.9 Å². The number of rotatable bonds is 4. The Morgan fingerprint density at radius 2 is 1.57 bits per heavy atom. The van der Waals surface area contributed by atoms with E-state index in [-0.39, 0.29) is 5.52 Å². The number of hydrogen-bond acceptors (Lipinski definition) is 2. The molecule has 0 bridgehead atoms. The lowest BCUT2D eigenvalue weighted by atomic mass is 9.84. The summed E-state index contributed by atoms with van der Waals surface area (Å²) in [6, 6.07) is 9.61. The van der Waals surface area contributed by atoms with Crippen LogP contribution >= 0.6 is 0 Å². The molecule has 4 aromatic rings. The smallest absolute Gasteiger partial charge is 0.232 e. The molecule has 0 saturated carbocycles. The molecule has 2 aromatic heterocycles. The fraction of sp³-hybridized carbons (Fsp3) is 0.321. The molecule has 35 heavy (non-hydrogen) atoms. The van der Waals surface area contributed by atoms with Crippen molar-refractivity contribution in [3.05, 3.63) is 77.1 Å². The minimum Gasteiger partial charge on any atom is -0.232 e. The van der Waals surface area contributed by atoms with Gasteiger partial charge in [0.05, 0.1) is 11.1 Å². The van der Waals surface area contributed by atoms with Crippen LogP contribution < -0.4 is 4.57 Å². The molecule has 0 aliphatic rings. The molecule has 0 unspecified atom stereocenters. The summed E-state index contributed by atoms with van der Waals surface area (Å²) in [7, 11) is 1.82. The lowest BCUT2D eigenvalue weighted by Gasteiger charge is -2.20. The van der Waals surface area contributed by atoms with Gasteiger partial charge in [0.15, 0.2) is 6.20 Å². The zero-order chi connectivity index (χ0) is 27.5. The lowest BCUT2D eigenvalue weighted by Crippen LogP contribution is -2.30. The molecule has 3 nitrogen and oxygen atoms in total. The highest BCUT2D eigenvalue weighted by molar-refractivity contribution is 5.95. The van der Waals surface area contributed by atoms with Crippen LogP contribution in [0.3, 0.4) is 0 Å². The second kappa shape index (κ2) is 9.02. The van der Waals surface area contributed by atoms with Crippen LogP contribution in [0.5, 0.6) is 0 Å². The number of alkyl halides is 3. The lowest BCUT2D eigenvalue weighted by molar-refractivity contribution is -0.660. The van der Waals surface area contributed by atoms with Crippen LogP contribution in [0.2, 0.25) is 0 Å². The van der Waals surface area contributed by atoms with Crippen molar-refractivity contribution in [2.24, 2.45) is 7.05 Å². The van der Waals surface area contributed by atoms with Gasteiger partial charge in [0.2, 0.25) is 11.5 Å². The summed E-state index contributed by atoms with van der Waals surface area (Å²) in [6.45, 7) is 8.52. The number of fused-ring (bicyclic) bond motifs is 1. The third-order valence-electron chi connectivity index (χ3n) is 6.10. The monoisotopic (exact) mass is 484 g/mol. The molecule has 0 N–H and O–H groups in total. The van der Waals surface area contributed by atoms with E-state index in [4.69, 9.17) is 2.74 Å². The summed E-state index contributed by atoms with van der Waals surface area (Å²) < 4.78 is 73.6. The third kappa shape index (κ3) is 4.64. The van der Waals surface area contributed by atoms with Crippen molar-refractivity contribution in [2.75, 3.05) is 0 Å². The fourth-order valence-electron chi connectivity index (χ4n) is 4.37. The van der Waals surface area contributed by atoms with E-state index in [1.807, 2.05) is 30.7 Å². The highest BCUT2D eigenvalue weighted by atomic mass is 19.4. The highest BCUT2D eigenvalue weighted by Crippen LogP contribution is 2.39. The van der Waals surface area contributed by atoms with E-state index >= 15 is 0 Å². The molecular weight excluding hydrogens is 454 g/mol. The first-order valence-electron chi connectivity index (χ1n) is 12.2. The second-order valence-electron chi connectivity index (χ2n) is 9.17. The van der Waals surface area contributed by atoms with Crippen molar-refractivity contribution < 1.29 is 24.9 Å². The summed E-state index contributed by atoms with van der Waals surface area (Å²) in [5, 5.41) is 0.460. The number of nitrogens with zero attached hydrogens (tertiary/aromatic N) is 3. The minimum absolute atomic E-state index is 0.163. The number of hydrogen-bond donors (Lipinski definition) is 0. The van der Waals surface area contributed by atoms with Crippen LogP contribution in [-0.4, -0.2) is 9.97 Å². The van der Waals surface area contributed by atoms with E-state index in [2.05, 4.69) is 9.97 Å². The number of benzene rings is 2. The standard InChI is InChI=1S/C28H28F4N3/c1-15(2)20-12-19(29)13-21(16(3)4)26(20)18-9-10-35(6)24(11-18)25-17(5)7-8-23-22(25)14-33-27(34-23)28(30,31)32/h7-16H,1-6H3/q+1/i15D,16D. The molecule has 7 heteroatoms. The van der Waals surface area contributed by atoms with E-state index in [9.17, 15) is 17.6 Å². The molecule has 0 aliphatic heterocycles. The Morgan fingerprint density at radius 3 is 2.14 bits per heavy atom. The highest BCUT2D eigenvalue weighted by Gasteiger charge is 2.35. The molecule has 0 aliphatic carbocycles. The molecule has 0 saturated heterocycles. The zero-order valence-electron chi connectivity index (χ0n) is 22.5. The predicted octanol–water partition coefficient (Wildman–Crippen LogP) is 7.50. The topological polar surface area (TPSA) is 29.7 Å². The van der Waals surface area contributed by atoms with Crippen molar-refractivity contribution in [2.45, 2.75) is 52.6 Å². The second-order valence-corrected chi connectivity index (χ2v) is 9.17. The van der Waals surface area contributed by atoms with Gasteiger partial charge in [-0.15, -0.1) is 0 Å². The molecule has 0 fully saturated rings. The Bertz CT molecular complexity index is 1480. The van der Waals surface area contributed by atoms with Crippen molar-refractivity contribution in [3.8, 4) is 22.4 Å². The molecule has 0 atom stereocenters. The molecule has 0 radical (unpaired) electrons. The van der Waals surface area contributed by atoms with Gasteiger partial charge in [-0.3, -0.25) is 0 Å². The van der Waals surface area contributed by atoms with Crippen LogP contribution in [0, 0.1) is 12.7 Å². The number of halogens is 4. The van der Waals surface area contributed by atoms with Crippen molar-refractivity contribution >= 4 is 10.9 Å². The summed E-state index contributed by atoms with van der Waals surface area (Å²) in [4.78, 5) is 7.33. The van der Waals surface area contributed by atoms with Gasteiger partial charge < -0.3 is 0 Å². The maximum atomic E-state index is 14.7. The Hall–Kier alpha value is -3.35. The van der Waals surface area contributed by atoms with E-state index in [1.165, 1.54) is 24.4 Å². The molecule has 0 spiro atoms. The molecule has 4 rings (SSSR count). The SMILES string of the molecule is [2H]C(C)(C)c1cc(F)cc(C([2H])(C)C)c1-c1cc[n+](C)c(-c2c(C)ccc3nc(C(F)(F)F)ncc23)c1. The van der Waals surface area contributed by atoms with Crippen LogP contribution in [0.25, 0.3) is 33.3 Å². The van der Waals surface area contributed by atoms with E-state index < -0.39 is 29.6 Å². The first-order valence-corrected chi connectivity index (χ1v) is 11.2. The van der Waals surface area contributed by atoms with E-state index in [0.29, 0.717) is 38.9 Å². The van der Waals surface area contributed by atoms with Crippen LogP contribution in [0.15, 0.2) is 48.8 Å². The molecule has 2 aromatic carbocycles. The molecule has 2 heterocycles. The van der Waals surface area contributed by atoms with Gasteiger partial charge >= 0.3 is 6.18 Å². The van der Waals surface area contributed by atoms with Crippen LogP contribution in [0.4, 0.5) is 17.6 Å². The van der Waals surface area contributed by atoms with Crippen molar-refractivity contribution in [1.82, 2.24) is 9.97 Å². The normalized spacial score (nSPS) is 13.7. The largest absolute Gasteiger partial charge is 0.451 e. The summed E-state index contributed by atoms with van der Waals surface area (Å²) in [6.07, 6.45) is -1.67. The number of aromatic nitrogens is 3. The average Bonchev–Trinajstić information content (AvgIpc) is 2.77. The maximum absolute atomic E-state index is 14.7. The summed E-state index contributed by atoms with van der Waals surface area (Å²) in [5.74, 6) is -4.04. The average molecular weight is 485 g/mol. The summed E-state index contributed by atoms with van der Waals surface area (Å²) >= 11 is 0. The van der Waals surface area contributed by atoms with E-state index in [1.54, 1.807) is 40.0 Å². The number of pyridine rings is 1. The Morgan fingerprint density at radius 1 is 0.943 bits per heavy atom. The van der Waals surface area contributed by atoms with Gasteiger partial charge in [-0.05, 0) is 64.7 Å².